The van der Waals surface area contributed by atoms with Crippen LogP contribution in [-0.2, 0) is 4.74 Å². The van der Waals surface area contributed by atoms with E-state index in [0.29, 0.717) is 0 Å². The van der Waals surface area contributed by atoms with E-state index in [9.17, 15) is 0 Å². The van der Waals surface area contributed by atoms with Crippen molar-refractivity contribution in [3.05, 3.63) is 0 Å². The summed E-state index contributed by atoms with van der Waals surface area (Å²) in [6.45, 7) is 11.3. The van der Waals surface area contributed by atoms with Gasteiger partial charge in [0.15, 0.2) is 0 Å². The van der Waals surface area contributed by atoms with Crippen LogP contribution in [0.3, 0.4) is 0 Å². The van der Waals surface area contributed by atoms with Gasteiger partial charge in [-0.05, 0) is 51.7 Å². The first-order valence-corrected chi connectivity index (χ1v) is 7.90. The highest BCUT2D eigenvalue weighted by Gasteiger charge is 2.12. The highest BCUT2D eigenvalue weighted by Crippen LogP contribution is 2.06. The number of nitrogens with one attached hydrogen (secondary N) is 1. The number of nitrogens with zero attached hydrogens (tertiary/aromatic N) is 1. The minimum absolute atomic E-state index is 0.730. The van der Waals surface area contributed by atoms with Crippen LogP contribution in [0.25, 0.3) is 0 Å². The number of rotatable bonds is 8. The second kappa shape index (κ2) is 10.8. The molecule has 1 fully saturated rings. The summed E-state index contributed by atoms with van der Waals surface area (Å²) in [6.07, 6.45) is 7.47. The molecule has 0 radical (unpaired) electrons. The molecule has 0 spiro atoms. The topological polar surface area (TPSA) is 24.5 Å². The van der Waals surface area contributed by atoms with Gasteiger partial charge in [-0.25, -0.2) is 0 Å². The molecule has 0 saturated carbocycles. The van der Waals surface area contributed by atoms with Gasteiger partial charge in [0.05, 0.1) is 0 Å². The van der Waals surface area contributed by atoms with Gasteiger partial charge in [-0.3, -0.25) is 0 Å². The van der Waals surface area contributed by atoms with E-state index in [4.69, 9.17) is 4.74 Å². The lowest BCUT2D eigenvalue weighted by atomic mass is 10.1. The lowest BCUT2D eigenvalue weighted by Crippen LogP contribution is -2.40. The molecular formula is C15H32N2O. The maximum absolute atomic E-state index is 5.62. The Hall–Kier alpha value is -0.120. The van der Waals surface area contributed by atoms with Crippen molar-refractivity contribution >= 4 is 0 Å². The molecule has 1 N–H and O–H groups in total. The number of unbranched alkanes of at least 4 members (excludes halogenated alkanes) is 1. The van der Waals surface area contributed by atoms with Crippen LogP contribution in [-0.4, -0.2) is 50.3 Å². The van der Waals surface area contributed by atoms with E-state index < -0.39 is 0 Å². The fourth-order valence-corrected chi connectivity index (χ4v) is 2.47. The molecule has 0 aromatic heterocycles. The highest BCUT2D eigenvalue weighted by atomic mass is 16.5. The van der Waals surface area contributed by atoms with Gasteiger partial charge in [0.25, 0.3) is 0 Å². The molecule has 1 atom stereocenters. The zero-order valence-corrected chi connectivity index (χ0v) is 12.4. The van der Waals surface area contributed by atoms with E-state index in [1.165, 1.54) is 64.7 Å². The molecule has 1 aliphatic heterocycles. The quantitative estimate of drug-likeness (QED) is 0.676. The van der Waals surface area contributed by atoms with Gasteiger partial charge in [0.1, 0.15) is 0 Å². The summed E-state index contributed by atoms with van der Waals surface area (Å²) in [5.41, 5.74) is 0. The van der Waals surface area contributed by atoms with E-state index in [1.54, 1.807) is 0 Å². The summed E-state index contributed by atoms with van der Waals surface area (Å²) < 4.78 is 5.62. The van der Waals surface area contributed by atoms with Crippen LogP contribution in [0.1, 0.15) is 52.4 Å². The second-order valence-corrected chi connectivity index (χ2v) is 5.36. The Balaban J connectivity index is 2.05. The predicted octanol–water partition coefficient (Wildman–Crippen LogP) is 2.66. The Labute approximate surface area is 113 Å². The zero-order valence-electron chi connectivity index (χ0n) is 12.4. The third-order valence-electron chi connectivity index (χ3n) is 3.78. The third-order valence-corrected chi connectivity index (χ3v) is 3.78. The number of ether oxygens (including phenoxy) is 1. The lowest BCUT2D eigenvalue weighted by Gasteiger charge is -2.28. The van der Waals surface area contributed by atoms with Crippen LogP contribution in [0, 0.1) is 0 Å². The summed E-state index contributed by atoms with van der Waals surface area (Å²) in [5, 5.41) is 3.63. The van der Waals surface area contributed by atoms with Crippen molar-refractivity contribution in [1.82, 2.24) is 10.2 Å². The molecule has 3 heteroatoms. The fraction of sp³-hybridized carbons (Fsp3) is 1.00. The van der Waals surface area contributed by atoms with Gasteiger partial charge < -0.3 is 15.0 Å². The summed E-state index contributed by atoms with van der Waals surface area (Å²) >= 11 is 0. The lowest BCUT2D eigenvalue weighted by molar-refractivity contribution is 0.116. The van der Waals surface area contributed by atoms with E-state index >= 15 is 0 Å². The van der Waals surface area contributed by atoms with Crippen LogP contribution < -0.4 is 5.32 Å². The first-order valence-electron chi connectivity index (χ1n) is 7.90. The standard InChI is InChI=1S/C15H32N2O/c1-3-5-13-18-14-7-11-17-10-6-9-16-15(4-2)8-12-17/h15-16H,3-14H2,1-2H3. The Bertz CT molecular complexity index is 187. The first-order chi connectivity index (χ1) is 8.86. The third kappa shape index (κ3) is 7.34. The van der Waals surface area contributed by atoms with E-state index in [-0.39, 0.29) is 0 Å². The summed E-state index contributed by atoms with van der Waals surface area (Å²) in [7, 11) is 0. The molecule has 3 nitrogen and oxygen atoms in total. The summed E-state index contributed by atoms with van der Waals surface area (Å²) in [4.78, 5) is 2.62. The molecule has 1 aliphatic rings. The maximum Gasteiger partial charge on any atom is 0.0478 e. The van der Waals surface area contributed by atoms with Crippen molar-refractivity contribution in [2.24, 2.45) is 0 Å². The van der Waals surface area contributed by atoms with Crippen LogP contribution in [0.15, 0.2) is 0 Å². The molecule has 1 rings (SSSR count). The van der Waals surface area contributed by atoms with Crippen LogP contribution in [0.5, 0.6) is 0 Å². The van der Waals surface area contributed by atoms with Gasteiger partial charge in [0, 0.05) is 25.8 Å². The molecule has 0 bridgehead atoms. The fourth-order valence-electron chi connectivity index (χ4n) is 2.47. The SMILES string of the molecule is CCCCOCCCN1CCCNC(CC)CC1. The average Bonchev–Trinajstić information content (AvgIpc) is 2.36. The molecule has 1 unspecified atom stereocenters. The van der Waals surface area contributed by atoms with Crippen LogP contribution >= 0.6 is 0 Å². The first kappa shape index (κ1) is 15.9. The van der Waals surface area contributed by atoms with Crippen molar-refractivity contribution in [3.63, 3.8) is 0 Å². The van der Waals surface area contributed by atoms with E-state index in [0.717, 1.165) is 19.3 Å². The smallest absolute Gasteiger partial charge is 0.0478 e. The molecular weight excluding hydrogens is 224 g/mol. The van der Waals surface area contributed by atoms with Gasteiger partial charge in [-0.15, -0.1) is 0 Å². The monoisotopic (exact) mass is 256 g/mol. The van der Waals surface area contributed by atoms with Crippen molar-refractivity contribution in [2.45, 2.75) is 58.4 Å². The molecule has 0 aromatic rings. The highest BCUT2D eigenvalue weighted by molar-refractivity contribution is 4.72. The molecule has 108 valence electrons. The molecule has 18 heavy (non-hydrogen) atoms. The van der Waals surface area contributed by atoms with Gasteiger partial charge >= 0.3 is 0 Å². The zero-order chi connectivity index (χ0) is 13.1. The summed E-state index contributed by atoms with van der Waals surface area (Å²) in [6, 6.07) is 0.730. The minimum Gasteiger partial charge on any atom is -0.381 e. The average molecular weight is 256 g/mol. The Morgan fingerprint density at radius 3 is 2.78 bits per heavy atom. The Kier molecular flexibility index (Phi) is 9.54. The molecule has 0 amide bonds. The van der Waals surface area contributed by atoms with Crippen LogP contribution in [0.4, 0.5) is 0 Å². The largest absolute Gasteiger partial charge is 0.381 e. The number of hydrogen-bond donors (Lipinski definition) is 1. The van der Waals surface area contributed by atoms with E-state index in [1.807, 2.05) is 0 Å². The normalized spacial score (nSPS) is 22.7. The van der Waals surface area contributed by atoms with E-state index in [2.05, 4.69) is 24.1 Å². The van der Waals surface area contributed by atoms with Crippen molar-refractivity contribution in [3.8, 4) is 0 Å². The molecule has 0 aromatic carbocycles. The predicted molar refractivity (Wildman–Crippen MR) is 78.1 cm³/mol. The minimum atomic E-state index is 0.730. The van der Waals surface area contributed by atoms with Gasteiger partial charge in [-0.2, -0.15) is 0 Å². The van der Waals surface area contributed by atoms with Gasteiger partial charge in [0.2, 0.25) is 0 Å². The number of hydrogen-bond acceptors (Lipinski definition) is 3. The van der Waals surface area contributed by atoms with Gasteiger partial charge in [-0.1, -0.05) is 20.3 Å². The van der Waals surface area contributed by atoms with Crippen molar-refractivity contribution in [2.75, 3.05) is 39.4 Å². The maximum atomic E-state index is 5.62. The Morgan fingerprint density at radius 1 is 1.17 bits per heavy atom. The second-order valence-electron chi connectivity index (χ2n) is 5.36. The summed E-state index contributed by atoms with van der Waals surface area (Å²) in [5.74, 6) is 0. The van der Waals surface area contributed by atoms with Crippen LogP contribution in [0.2, 0.25) is 0 Å². The van der Waals surface area contributed by atoms with Crippen molar-refractivity contribution < 1.29 is 4.74 Å². The Morgan fingerprint density at radius 2 is 2.00 bits per heavy atom. The molecule has 1 saturated heterocycles. The molecule has 0 aliphatic carbocycles. The molecule has 1 heterocycles. The van der Waals surface area contributed by atoms with Crippen molar-refractivity contribution in [1.29, 1.82) is 0 Å².